The third-order valence-corrected chi connectivity index (χ3v) is 6.97. The fourth-order valence-electron chi connectivity index (χ4n) is 3.24. The number of thiazole rings is 2. The molecule has 0 N–H and O–H groups in total. The Morgan fingerprint density at radius 1 is 1.23 bits per heavy atom. The zero-order valence-corrected chi connectivity index (χ0v) is 18.6. The quantitative estimate of drug-likeness (QED) is 0.576. The molecule has 1 aromatic carbocycles. The molecular weight excluding hydrogens is 423 g/mol. The minimum Gasteiger partial charge on any atom is -0.379 e. The predicted molar refractivity (Wildman–Crippen MR) is 116 cm³/mol. The molecule has 4 rings (SSSR count). The molecule has 158 valence electrons. The van der Waals surface area contributed by atoms with E-state index in [-0.39, 0.29) is 11.7 Å². The Morgan fingerprint density at radius 2 is 1.97 bits per heavy atom. The molecular formula is C21H23FN4O2S2. The van der Waals surface area contributed by atoms with Crippen molar-refractivity contribution in [3.63, 3.8) is 0 Å². The number of benzene rings is 1. The molecule has 0 unspecified atom stereocenters. The van der Waals surface area contributed by atoms with Crippen molar-refractivity contribution in [3.8, 4) is 10.6 Å². The summed E-state index contributed by atoms with van der Waals surface area (Å²) in [6, 6.07) is 6.15. The van der Waals surface area contributed by atoms with E-state index >= 15 is 0 Å². The van der Waals surface area contributed by atoms with E-state index < -0.39 is 0 Å². The van der Waals surface area contributed by atoms with Crippen LogP contribution in [-0.4, -0.2) is 59.0 Å². The van der Waals surface area contributed by atoms with Gasteiger partial charge in [0.05, 0.1) is 37.7 Å². The van der Waals surface area contributed by atoms with Crippen LogP contribution < -0.4 is 0 Å². The van der Waals surface area contributed by atoms with Gasteiger partial charge in [0.2, 0.25) is 0 Å². The van der Waals surface area contributed by atoms with Gasteiger partial charge < -0.3 is 9.64 Å². The molecule has 1 aliphatic heterocycles. The molecule has 3 heterocycles. The number of carbonyl (C=O) groups is 1. The molecule has 1 amide bonds. The molecule has 9 heteroatoms. The van der Waals surface area contributed by atoms with Crippen molar-refractivity contribution in [2.45, 2.75) is 20.0 Å². The molecule has 2 aromatic heterocycles. The second-order valence-corrected chi connectivity index (χ2v) is 9.16. The van der Waals surface area contributed by atoms with Gasteiger partial charge >= 0.3 is 0 Å². The van der Waals surface area contributed by atoms with Gasteiger partial charge in [-0.25, -0.2) is 14.4 Å². The number of nitrogens with zero attached hydrogens (tertiary/aromatic N) is 4. The van der Waals surface area contributed by atoms with Crippen LogP contribution in [0.15, 0.2) is 29.6 Å². The maximum Gasteiger partial charge on any atom is 0.265 e. The average Bonchev–Trinajstić information content (AvgIpc) is 3.35. The summed E-state index contributed by atoms with van der Waals surface area (Å²) >= 11 is 2.96. The largest absolute Gasteiger partial charge is 0.379 e. The summed E-state index contributed by atoms with van der Waals surface area (Å²) in [5.41, 5.74) is 2.38. The van der Waals surface area contributed by atoms with Gasteiger partial charge in [0.25, 0.3) is 5.91 Å². The summed E-state index contributed by atoms with van der Waals surface area (Å²) in [5, 5.41) is 3.79. The van der Waals surface area contributed by atoms with Crippen LogP contribution in [0.25, 0.3) is 10.6 Å². The van der Waals surface area contributed by atoms with Gasteiger partial charge in [-0.2, -0.15) is 0 Å². The highest BCUT2D eigenvalue weighted by atomic mass is 32.1. The summed E-state index contributed by atoms with van der Waals surface area (Å²) in [6.45, 7) is 6.48. The number of rotatable bonds is 6. The average molecular weight is 447 g/mol. The molecule has 1 saturated heterocycles. The number of aryl methyl sites for hydroxylation is 1. The van der Waals surface area contributed by atoms with Crippen LogP contribution in [0.5, 0.6) is 0 Å². The maximum atomic E-state index is 13.2. The first-order valence-corrected chi connectivity index (χ1v) is 11.4. The Kier molecular flexibility index (Phi) is 6.52. The van der Waals surface area contributed by atoms with Crippen molar-refractivity contribution in [2.75, 3.05) is 33.4 Å². The number of hydrogen-bond acceptors (Lipinski definition) is 7. The van der Waals surface area contributed by atoms with E-state index in [1.54, 1.807) is 35.4 Å². The Bertz CT molecular complexity index is 1010. The summed E-state index contributed by atoms with van der Waals surface area (Å²) in [5.74, 6) is -0.375. The van der Waals surface area contributed by atoms with Crippen LogP contribution in [0.1, 0.15) is 26.1 Å². The SMILES string of the molecule is Cc1nc(-c2ccc(F)cc2)sc1C(=O)N(C)Cc1csc(CN2CCOCC2)n1. The fourth-order valence-corrected chi connectivity index (χ4v) is 5.14. The second kappa shape index (κ2) is 9.30. The topological polar surface area (TPSA) is 58.6 Å². The zero-order valence-electron chi connectivity index (χ0n) is 16.9. The Hall–Kier alpha value is -2.20. The van der Waals surface area contributed by atoms with Crippen LogP contribution in [0.3, 0.4) is 0 Å². The van der Waals surface area contributed by atoms with Gasteiger partial charge in [0.15, 0.2) is 0 Å². The molecule has 30 heavy (non-hydrogen) atoms. The molecule has 0 saturated carbocycles. The smallest absolute Gasteiger partial charge is 0.265 e. The van der Waals surface area contributed by atoms with Crippen LogP contribution in [0, 0.1) is 12.7 Å². The van der Waals surface area contributed by atoms with Gasteiger partial charge in [-0.1, -0.05) is 0 Å². The van der Waals surface area contributed by atoms with E-state index in [1.807, 2.05) is 12.3 Å². The van der Waals surface area contributed by atoms with Crippen molar-refractivity contribution >= 4 is 28.6 Å². The number of halogens is 1. The first-order chi connectivity index (χ1) is 14.5. The van der Waals surface area contributed by atoms with E-state index in [0.29, 0.717) is 22.1 Å². The number of aromatic nitrogens is 2. The number of hydrogen-bond donors (Lipinski definition) is 0. The summed E-state index contributed by atoms with van der Waals surface area (Å²) in [4.78, 5) is 26.8. The number of carbonyl (C=O) groups excluding carboxylic acids is 1. The molecule has 1 aliphatic rings. The molecule has 0 spiro atoms. The maximum absolute atomic E-state index is 13.2. The van der Waals surface area contributed by atoms with Gasteiger partial charge in [-0.3, -0.25) is 9.69 Å². The molecule has 0 radical (unpaired) electrons. The third kappa shape index (κ3) is 4.92. The third-order valence-electron chi connectivity index (χ3n) is 4.89. The normalized spacial score (nSPS) is 14.8. The van der Waals surface area contributed by atoms with Gasteiger partial charge in [-0.05, 0) is 31.2 Å². The number of morpholine rings is 1. The molecule has 6 nitrogen and oxygen atoms in total. The van der Waals surface area contributed by atoms with Gasteiger partial charge in [-0.15, -0.1) is 22.7 Å². The van der Waals surface area contributed by atoms with E-state index in [0.717, 1.165) is 49.1 Å². The molecule has 0 aliphatic carbocycles. The monoisotopic (exact) mass is 446 g/mol. The lowest BCUT2D eigenvalue weighted by Gasteiger charge is -2.25. The molecule has 0 atom stereocenters. The number of amides is 1. The second-order valence-electron chi connectivity index (χ2n) is 7.22. The first-order valence-electron chi connectivity index (χ1n) is 9.72. The lowest BCUT2D eigenvalue weighted by molar-refractivity contribution is 0.0341. The molecule has 3 aromatic rings. The highest BCUT2D eigenvalue weighted by molar-refractivity contribution is 7.17. The van der Waals surface area contributed by atoms with Crippen molar-refractivity contribution < 1.29 is 13.9 Å². The van der Waals surface area contributed by atoms with Crippen LogP contribution in [0.4, 0.5) is 4.39 Å². The van der Waals surface area contributed by atoms with E-state index in [9.17, 15) is 9.18 Å². The van der Waals surface area contributed by atoms with Crippen LogP contribution >= 0.6 is 22.7 Å². The van der Waals surface area contributed by atoms with E-state index in [1.165, 1.54) is 23.5 Å². The standard InChI is InChI=1S/C21H23FN4O2S2/c1-14-19(30-20(23-14)15-3-5-16(22)6-4-15)21(27)25(2)11-17-13-29-18(24-17)12-26-7-9-28-10-8-26/h3-6,13H,7-12H2,1-2H3. The lowest BCUT2D eigenvalue weighted by atomic mass is 10.2. The fraction of sp³-hybridized carbons (Fsp3) is 0.381. The highest BCUT2D eigenvalue weighted by Crippen LogP contribution is 2.29. The number of ether oxygens (including phenoxy) is 1. The van der Waals surface area contributed by atoms with Crippen molar-refractivity contribution in [1.29, 1.82) is 0 Å². The first kappa shape index (κ1) is 21.0. The molecule has 1 fully saturated rings. The summed E-state index contributed by atoms with van der Waals surface area (Å²) in [6.07, 6.45) is 0. The van der Waals surface area contributed by atoms with Crippen LogP contribution in [-0.2, 0) is 17.8 Å². The van der Waals surface area contributed by atoms with E-state index in [4.69, 9.17) is 9.72 Å². The minimum absolute atomic E-state index is 0.0823. The van der Waals surface area contributed by atoms with Crippen LogP contribution in [0.2, 0.25) is 0 Å². The minimum atomic E-state index is -0.292. The molecule has 0 bridgehead atoms. The Morgan fingerprint density at radius 3 is 2.70 bits per heavy atom. The van der Waals surface area contributed by atoms with Gasteiger partial charge in [0, 0.05) is 31.1 Å². The van der Waals surface area contributed by atoms with Crippen molar-refractivity contribution in [2.24, 2.45) is 0 Å². The van der Waals surface area contributed by atoms with Crippen molar-refractivity contribution in [3.05, 3.63) is 56.7 Å². The zero-order chi connectivity index (χ0) is 21.1. The Labute approximate surface area is 183 Å². The van der Waals surface area contributed by atoms with E-state index in [2.05, 4.69) is 9.88 Å². The summed E-state index contributed by atoms with van der Waals surface area (Å²) in [7, 11) is 1.78. The highest BCUT2D eigenvalue weighted by Gasteiger charge is 2.21. The van der Waals surface area contributed by atoms with Crippen molar-refractivity contribution in [1.82, 2.24) is 19.8 Å². The van der Waals surface area contributed by atoms with Gasteiger partial charge in [0.1, 0.15) is 20.7 Å². The lowest BCUT2D eigenvalue weighted by Crippen LogP contribution is -2.35. The Balaban J connectivity index is 1.41. The predicted octanol–water partition coefficient (Wildman–Crippen LogP) is 3.82. The summed E-state index contributed by atoms with van der Waals surface area (Å²) < 4.78 is 18.6.